The van der Waals surface area contributed by atoms with Gasteiger partial charge in [-0.2, -0.15) is 0 Å². The van der Waals surface area contributed by atoms with E-state index in [1.807, 2.05) is 4.31 Å². The molecule has 0 aromatic rings. The van der Waals surface area contributed by atoms with Crippen LogP contribution in [-0.4, -0.2) is 22.5 Å². The number of rotatable bonds is 4. The first-order valence-electron chi connectivity index (χ1n) is 4.28. The molecular weight excluding hydrogens is 158 g/mol. The third-order valence-electron chi connectivity index (χ3n) is 1.78. The number of amides is 1. The first-order chi connectivity index (χ1) is 5.34. The van der Waals surface area contributed by atoms with Gasteiger partial charge in [0.25, 0.3) is 0 Å². The molecule has 0 saturated carbocycles. The Morgan fingerprint density at radius 1 is 1.64 bits per heavy atom. The van der Waals surface area contributed by atoms with Gasteiger partial charge in [-0.3, -0.25) is 9.10 Å². The summed E-state index contributed by atoms with van der Waals surface area (Å²) in [5, 5.41) is 0. The second kappa shape index (κ2) is 4.65. The van der Waals surface area contributed by atoms with Gasteiger partial charge in [-0.25, -0.2) is 0 Å². The summed E-state index contributed by atoms with van der Waals surface area (Å²) >= 11 is 1.70. The molecule has 0 N–H and O–H groups in total. The fourth-order valence-corrected chi connectivity index (χ4v) is 2.21. The van der Waals surface area contributed by atoms with E-state index in [0.717, 1.165) is 25.1 Å². The summed E-state index contributed by atoms with van der Waals surface area (Å²) in [7, 11) is 0. The van der Waals surface area contributed by atoms with Crippen LogP contribution in [0.1, 0.15) is 32.6 Å². The monoisotopic (exact) mass is 173 g/mol. The van der Waals surface area contributed by atoms with Crippen LogP contribution in [0, 0.1) is 0 Å². The van der Waals surface area contributed by atoms with E-state index >= 15 is 0 Å². The van der Waals surface area contributed by atoms with Gasteiger partial charge in [-0.05, 0) is 24.8 Å². The molecule has 0 atom stereocenters. The highest BCUT2D eigenvalue weighted by molar-refractivity contribution is 7.97. The highest BCUT2D eigenvalue weighted by Gasteiger charge is 2.19. The molecule has 64 valence electrons. The van der Waals surface area contributed by atoms with Crippen LogP contribution >= 0.6 is 11.9 Å². The molecular formula is C8H15NOS. The Bertz CT molecular complexity index is 138. The van der Waals surface area contributed by atoms with Crippen molar-refractivity contribution < 1.29 is 4.79 Å². The van der Waals surface area contributed by atoms with Crippen molar-refractivity contribution in [2.45, 2.75) is 32.6 Å². The second-order valence-corrected chi connectivity index (χ2v) is 3.89. The van der Waals surface area contributed by atoms with Crippen molar-refractivity contribution in [1.82, 2.24) is 4.31 Å². The summed E-state index contributed by atoms with van der Waals surface area (Å²) in [5.74, 6) is 1.42. The second-order valence-electron chi connectivity index (χ2n) is 2.79. The highest BCUT2D eigenvalue weighted by atomic mass is 32.2. The Morgan fingerprint density at radius 2 is 2.45 bits per heavy atom. The number of carbonyl (C=O) groups is 1. The Morgan fingerprint density at radius 3 is 3.00 bits per heavy atom. The Kier molecular flexibility index (Phi) is 3.77. The van der Waals surface area contributed by atoms with Crippen molar-refractivity contribution >= 4 is 17.9 Å². The summed E-state index contributed by atoms with van der Waals surface area (Å²) in [4.78, 5) is 11.1. The molecule has 1 aliphatic rings. The third-order valence-corrected chi connectivity index (χ3v) is 2.94. The first-order valence-corrected chi connectivity index (χ1v) is 5.22. The minimum absolute atomic E-state index is 0.325. The van der Waals surface area contributed by atoms with Crippen molar-refractivity contribution in [3.05, 3.63) is 0 Å². The molecule has 1 saturated heterocycles. The molecule has 11 heavy (non-hydrogen) atoms. The molecule has 0 aromatic carbocycles. The average molecular weight is 173 g/mol. The van der Waals surface area contributed by atoms with Crippen LogP contribution in [0.3, 0.4) is 0 Å². The molecule has 0 radical (unpaired) electrons. The quantitative estimate of drug-likeness (QED) is 0.479. The van der Waals surface area contributed by atoms with E-state index in [4.69, 9.17) is 0 Å². The van der Waals surface area contributed by atoms with E-state index in [1.165, 1.54) is 12.8 Å². The molecule has 0 unspecified atom stereocenters. The topological polar surface area (TPSA) is 20.3 Å². The van der Waals surface area contributed by atoms with E-state index in [1.54, 1.807) is 11.9 Å². The maximum atomic E-state index is 11.1. The fraction of sp³-hybridized carbons (Fsp3) is 0.875. The maximum Gasteiger partial charge on any atom is 0.232 e. The lowest BCUT2D eigenvalue weighted by Crippen LogP contribution is -2.16. The molecule has 0 bridgehead atoms. The zero-order valence-electron chi connectivity index (χ0n) is 7.01. The summed E-state index contributed by atoms with van der Waals surface area (Å²) < 4.78 is 1.91. The van der Waals surface area contributed by atoms with Crippen LogP contribution in [0.15, 0.2) is 0 Å². The van der Waals surface area contributed by atoms with Crippen LogP contribution in [0.2, 0.25) is 0 Å². The van der Waals surface area contributed by atoms with Gasteiger partial charge in [0, 0.05) is 18.7 Å². The predicted octanol–water partition coefficient (Wildman–Crippen LogP) is 2.06. The van der Waals surface area contributed by atoms with Crippen molar-refractivity contribution in [2.75, 3.05) is 12.3 Å². The largest absolute Gasteiger partial charge is 0.286 e. The third kappa shape index (κ3) is 2.73. The van der Waals surface area contributed by atoms with E-state index in [0.29, 0.717) is 5.91 Å². The van der Waals surface area contributed by atoms with Gasteiger partial charge in [-0.15, -0.1) is 0 Å². The molecule has 2 nitrogen and oxygen atoms in total. The van der Waals surface area contributed by atoms with Crippen molar-refractivity contribution in [3.63, 3.8) is 0 Å². The van der Waals surface area contributed by atoms with E-state index < -0.39 is 0 Å². The molecule has 1 heterocycles. The van der Waals surface area contributed by atoms with Gasteiger partial charge in [0.15, 0.2) is 0 Å². The van der Waals surface area contributed by atoms with E-state index in [2.05, 4.69) is 6.92 Å². The number of hydrogen-bond donors (Lipinski definition) is 0. The normalized spacial score (nSPS) is 17.9. The molecule has 0 spiro atoms. The molecule has 1 amide bonds. The summed E-state index contributed by atoms with van der Waals surface area (Å²) in [6.45, 7) is 3.14. The van der Waals surface area contributed by atoms with Crippen LogP contribution in [0.4, 0.5) is 0 Å². The lowest BCUT2D eigenvalue weighted by Gasteiger charge is -2.12. The van der Waals surface area contributed by atoms with Crippen molar-refractivity contribution in [2.24, 2.45) is 0 Å². The summed E-state index contributed by atoms with van der Waals surface area (Å²) in [6.07, 6.45) is 4.25. The first kappa shape index (κ1) is 8.91. The van der Waals surface area contributed by atoms with Crippen molar-refractivity contribution in [3.8, 4) is 0 Å². The minimum atomic E-state index is 0.325. The molecule has 1 aliphatic heterocycles. The smallest absolute Gasteiger partial charge is 0.232 e. The molecule has 1 fully saturated rings. The molecule has 0 aliphatic carbocycles. The predicted molar refractivity (Wildman–Crippen MR) is 48.3 cm³/mol. The summed E-state index contributed by atoms with van der Waals surface area (Å²) in [5.41, 5.74) is 0. The number of hydrogen-bond acceptors (Lipinski definition) is 2. The minimum Gasteiger partial charge on any atom is -0.286 e. The zero-order valence-corrected chi connectivity index (χ0v) is 7.82. The van der Waals surface area contributed by atoms with Gasteiger partial charge in [0.05, 0.1) is 0 Å². The number of nitrogens with zero attached hydrogens (tertiary/aromatic N) is 1. The zero-order chi connectivity index (χ0) is 8.10. The van der Waals surface area contributed by atoms with E-state index in [-0.39, 0.29) is 0 Å². The van der Waals surface area contributed by atoms with E-state index in [9.17, 15) is 4.79 Å². The van der Waals surface area contributed by atoms with Crippen LogP contribution in [0.5, 0.6) is 0 Å². The average Bonchev–Trinajstić information content (AvgIpc) is 2.37. The lowest BCUT2D eigenvalue weighted by molar-refractivity contribution is -0.123. The van der Waals surface area contributed by atoms with Gasteiger partial charge in [-0.1, -0.05) is 13.3 Å². The maximum absolute atomic E-state index is 11.1. The van der Waals surface area contributed by atoms with Gasteiger partial charge >= 0.3 is 0 Å². The van der Waals surface area contributed by atoms with Gasteiger partial charge < -0.3 is 0 Å². The lowest BCUT2D eigenvalue weighted by atomic mass is 10.4. The van der Waals surface area contributed by atoms with Crippen LogP contribution in [0.25, 0.3) is 0 Å². The SMILES string of the molecule is CCCCSN1CCCC1=O. The van der Waals surface area contributed by atoms with Gasteiger partial charge in [0.2, 0.25) is 5.91 Å². The van der Waals surface area contributed by atoms with Crippen molar-refractivity contribution in [1.29, 1.82) is 0 Å². The molecule has 1 rings (SSSR count). The number of carbonyl (C=O) groups excluding carboxylic acids is 1. The Balaban J connectivity index is 2.10. The summed E-state index contributed by atoms with van der Waals surface area (Å²) in [6, 6.07) is 0. The van der Waals surface area contributed by atoms with Crippen LogP contribution < -0.4 is 0 Å². The fourth-order valence-electron chi connectivity index (χ4n) is 1.08. The Labute approximate surface area is 72.5 Å². The standard InChI is InChI=1S/C8H15NOS/c1-2-3-7-11-9-6-4-5-8(9)10/h2-7H2,1H3. The highest BCUT2D eigenvalue weighted by Crippen LogP contribution is 2.20. The molecule has 3 heteroatoms. The van der Waals surface area contributed by atoms with Crippen LogP contribution in [-0.2, 0) is 4.79 Å². The van der Waals surface area contributed by atoms with Gasteiger partial charge in [0.1, 0.15) is 0 Å². The Hall–Kier alpha value is -0.180. The molecule has 0 aromatic heterocycles. The number of unbranched alkanes of at least 4 members (excludes halogenated alkanes) is 1.